The van der Waals surface area contributed by atoms with Gasteiger partial charge in [0.1, 0.15) is 0 Å². The van der Waals surface area contributed by atoms with Gasteiger partial charge in [-0.1, -0.05) is 6.07 Å². The van der Waals surface area contributed by atoms with E-state index < -0.39 is 0 Å². The van der Waals surface area contributed by atoms with Crippen LogP contribution >= 0.6 is 24.0 Å². The average Bonchev–Trinajstić information content (AvgIpc) is 2.92. The molecule has 7 nitrogen and oxygen atoms in total. The van der Waals surface area contributed by atoms with Gasteiger partial charge in [-0.3, -0.25) is 4.68 Å². The molecule has 0 aliphatic heterocycles. The minimum absolute atomic E-state index is 0. The molecule has 2 rings (SSSR count). The fourth-order valence-corrected chi connectivity index (χ4v) is 3.17. The van der Waals surface area contributed by atoms with Crippen LogP contribution in [0.3, 0.4) is 0 Å². The number of aryl methyl sites for hydroxylation is 2. The third kappa shape index (κ3) is 6.80. The predicted molar refractivity (Wildman–Crippen MR) is 129 cm³/mol. The molecule has 1 atom stereocenters. The number of guanidine groups is 1. The lowest BCUT2D eigenvalue weighted by Gasteiger charge is -2.18. The summed E-state index contributed by atoms with van der Waals surface area (Å²) < 4.78 is 12.6. The predicted octanol–water partition coefficient (Wildman–Crippen LogP) is 3.36. The minimum atomic E-state index is 0. The maximum atomic E-state index is 5.37. The third-order valence-electron chi connectivity index (χ3n) is 4.76. The highest BCUT2D eigenvalue weighted by molar-refractivity contribution is 14.0. The molecule has 0 amide bonds. The number of aromatic nitrogens is 2. The molecule has 1 aromatic heterocycles. The lowest BCUT2D eigenvalue weighted by molar-refractivity contribution is 0.354. The fraction of sp³-hybridized carbons (Fsp3) is 0.524. The monoisotopic (exact) mass is 515 g/mol. The van der Waals surface area contributed by atoms with Crippen molar-refractivity contribution in [1.29, 1.82) is 0 Å². The Morgan fingerprint density at radius 3 is 2.45 bits per heavy atom. The second-order valence-corrected chi connectivity index (χ2v) is 6.91. The molecular weight excluding hydrogens is 481 g/mol. The van der Waals surface area contributed by atoms with Crippen LogP contribution in [0.2, 0.25) is 0 Å². The first kappa shape index (κ1) is 25.1. The van der Waals surface area contributed by atoms with E-state index in [0.29, 0.717) is 12.3 Å². The lowest BCUT2D eigenvalue weighted by atomic mass is 10.1. The summed E-state index contributed by atoms with van der Waals surface area (Å²) in [5, 5.41) is 11.3. The van der Waals surface area contributed by atoms with Crippen LogP contribution in [0.1, 0.15) is 36.4 Å². The first-order chi connectivity index (χ1) is 13.4. The topological polar surface area (TPSA) is 72.7 Å². The van der Waals surface area contributed by atoms with E-state index >= 15 is 0 Å². The molecular formula is C21H34IN5O2. The fourth-order valence-electron chi connectivity index (χ4n) is 3.17. The molecule has 162 valence electrons. The molecule has 0 saturated heterocycles. The lowest BCUT2D eigenvalue weighted by Crippen LogP contribution is -2.43. The zero-order chi connectivity index (χ0) is 20.7. The molecule has 0 aliphatic rings. The summed E-state index contributed by atoms with van der Waals surface area (Å²) in [6.07, 6.45) is 0.895. The summed E-state index contributed by atoms with van der Waals surface area (Å²) in [7, 11) is 5.26. The Kier molecular flexibility index (Phi) is 10.3. The smallest absolute Gasteiger partial charge is 0.191 e. The summed E-state index contributed by atoms with van der Waals surface area (Å²) in [4.78, 5) is 4.72. The third-order valence-corrected chi connectivity index (χ3v) is 4.76. The van der Waals surface area contributed by atoms with Crippen LogP contribution in [-0.2, 0) is 20.0 Å². The SMILES string of the molecule is CCNC(=NCc1ccc(OC)c(OC)c1)NC(C)Cc1c(C)nn(C)c1C.I. The summed E-state index contributed by atoms with van der Waals surface area (Å²) in [6, 6.07) is 6.09. The van der Waals surface area contributed by atoms with E-state index in [-0.39, 0.29) is 30.0 Å². The molecule has 8 heteroatoms. The second kappa shape index (κ2) is 11.9. The highest BCUT2D eigenvalue weighted by atomic mass is 127. The van der Waals surface area contributed by atoms with Gasteiger partial charge in [-0.15, -0.1) is 24.0 Å². The van der Waals surface area contributed by atoms with E-state index in [4.69, 9.17) is 14.5 Å². The van der Waals surface area contributed by atoms with Crippen LogP contribution in [0.25, 0.3) is 0 Å². The van der Waals surface area contributed by atoms with Crippen LogP contribution in [-0.4, -0.2) is 42.5 Å². The van der Waals surface area contributed by atoms with Crippen molar-refractivity contribution < 1.29 is 9.47 Å². The largest absolute Gasteiger partial charge is 0.493 e. The zero-order valence-corrected chi connectivity index (χ0v) is 20.8. The highest BCUT2D eigenvalue weighted by Gasteiger charge is 2.14. The average molecular weight is 515 g/mol. The van der Waals surface area contributed by atoms with Crippen molar-refractivity contribution in [2.75, 3.05) is 20.8 Å². The van der Waals surface area contributed by atoms with Gasteiger partial charge in [0.15, 0.2) is 17.5 Å². The van der Waals surface area contributed by atoms with Crippen LogP contribution < -0.4 is 20.1 Å². The molecule has 0 saturated carbocycles. The zero-order valence-electron chi connectivity index (χ0n) is 18.5. The molecule has 0 radical (unpaired) electrons. The number of aliphatic imine (C=N–C) groups is 1. The number of nitrogens with zero attached hydrogens (tertiary/aromatic N) is 3. The van der Waals surface area contributed by atoms with Crippen molar-refractivity contribution in [1.82, 2.24) is 20.4 Å². The van der Waals surface area contributed by atoms with Crippen molar-refractivity contribution in [2.45, 2.75) is 46.7 Å². The Hall–Kier alpha value is -1.97. The summed E-state index contributed by atoms with van der Waals surface area (Å²) in [6.45, 7) is 9.75. The van der Waals surface area contributed by atoms with Crippen molar-refractivity contribution >= 4 is 29.9 Å². The number of rotatable bonds is 8. The standard InChI is InChI=1S/C21H33N5O2.HI/c1-8-22-21(23-13-17-9-10-19(27-6)20(12-17)28-7)24-14(2)11-18-15(3)25-26(5)16(18)4;/h9-10,12,14H,8,11,13H2,1-7H3,(H2,22,23,24);1H. The van der Waals surface area contributed by atoms with E-state index in [2.05, 4.69) is 43.4 Å². The molecule has 0 fully saturated rings. The first-order valence-electron chi connectivity index (χ1n) is 9.64. The van der Waals surface area contributed by atoms with E-state index in [0.717, 1.165) is 35.9 Å². The highest BCUT2D eigenvalue weighted by Crippen LogP contribution is 2.27. The Bertz CT molecular complexity index is 820. The Labute approximate surface area is 191 Å². The molecule has 1 heterocycles. The van der Waals surface area contributed by atoms with Gasteiger partial charge in [0, 0.05) is 25.3 Å². The van der Waals surface area contributed by atoms with Gasteiger partial charge < -0.3 is 20.1 Å². The maximum Gasteiger partial charge on any atom is 0.191 e. The van der Waals surface area contributed by atoms with Crippen LogP contribution in [0.4, 0.5) is 0 Å². The van der Waals surface area contributed by atoms with E-state index in [1.807, 2.05) is 29.9 Å². The van der Waals surface area contributed by atoms with Gasteiger partial charge in [-0.05, 0) is 57.4 Å². The Morgan fingerprint density at radius 2 is 1.90 bits per heavy atom. The normalized spacial score (nSPS) is 12.2. The minimum Gasteiger partial charge on any atom is -0.493 e. The van der Waals surface area contributed by atoms with Crippen LogP contribution in [0.5, 0.6) is 11.5 Å². The molecule has 0 bridgehead atoms. The van der Waals surface area contributed by atoms with Crippen LogP contribution in [0.15, 0.2) is 23.2 Å². The van der Waals surface area contributed by atoms with Gasteiger partial charge in [0.25, 0.3) is 0 Å². The second-order valence-electron chi connectivity index (χ2n) is 6.91. The Morgan fingerprint density at radius 1 is 1.21 bits per heavy atom. The van der Waals surface area contributed by atoms with Gasteiger partial charge in [0.2, 0.25) is 0 Å². The number of benzene rings is 1. The summed E-state index contributed by atoms with van der Waals surface area (Å²) in [5.74, 6) is 2.23. The van der Waals surface area contributed by atoms with Crippen molar-refractivity contribution in [3.63, 3.8) is 0 Å². The Balaban J connectivity index is 0.00000420. The quantitative estimate of drug-likeness (QED) is 0.321. The number of hydrogen-bond acceptors (Lipinski definition) is 4. The number of halogens is 1. The van der Waals surface area contributed by atoms with Crippen molar-refractivity contribution in [3.8, 4) is 11.5 Å². The van der Waals surface area contributed by atoms with E-state index in [1.54, 1.807) is 14.2 Å². The van der Waals surface area contributed by atoms with E-state index in [9.17, 15) is 0 Å². The molecule has 1 aromatic carbocycles. The van der Waals surface area contributed by atoms with Crippen molar-refractivity contribution in [2.24, 2.45) is 12.0 Å². The summed E-state index contributed by atoms with van der Waals surface area (Å²) >= 11 is 0. The van der Waals surface area contributed by atoms with Gasteiger partial charge >= 0.3 is 0 Å². The van der Waals surface area contributed by atoms with Gasteiger partial charge in [-0.25, -0.2) is 4.99 Å². The molecule has 0 aliphatic carbocycles. The number of ether oxygens (including phenoxy) is 2. The van der Waals surface area contributed by atoms with Gasteiger partial charge in [0.05, 0.1) is 26.5 Å². The van der Waals surface area contributed by atoms with Crippen LogP contribution in [0, 0.1) is 13.8 Å². The number of nitrogens with one attached hydrogen (secondary N) is 2. The van der Waals surface area contributed by atoms with Gasteiger partial charge in [-0.2, -0.15) is 5.10 Å². The molecule has 0 spiro atoms. The molecule has 1 unspecified atom stereocenters. The molecule has 2 aromatic rings. The molecule has 2 N–H and O–H groups in total. The van der Waals surface area contributed by atoms with Crippen molar-refractivity contribution in [3.05, 3.63) is 40.7 Å². The first-order valence-corrected chi connectivity index (χ1v) is 9.64. The molecule has 29 heavy (non-hydrogen) atoms. The van der Waals surface area contributed by atoms with E-state index in [1.165, 1.54) is 11.3 Å². The number of methoxy groups -OCH3 is 2. The maximum absolute atomic E-state index is 5.37. The number of hydrogen-bond donors (Lipinski definition) is 2. The summed E-state index contributed by atoms with van der Waals surface area (Å²) in [5.41, 5.74) is 4.64.